The van der Waals surface area contributed by atoms with Crippen molar-refractivity contribution in [3.05, 3.63) is 51.9 Å². The molecular formula is C25H24N4O5. The molecule has 1 aliphatic carbocycles. The fourth-order valence-electron chi connectivity index (χ4n) is 4.93. The van der Waals surface area contributed by atoms with E-state index in [9.17, 15) is 9.59 Å². The van der Waals surface area contributed by atoms with Crippen LogP contribution in [0.25, 0.3) is 33.2 Å². The number of aromatic nitrogens is 3. The second-order valence-electron chi connectivity index (χ2n) is 8.71. The lowest BCUT2D eigenvalue weighted by Crippen LogP contribution is -2.31. The summed E-state index contributed by atoms with van der Waals surface area (Å²) >= 11 is 0. The third-order valence-electron chi connectivity index (χ3n) is 6.48. The number of benzene rings is 2. The molecule has 0 radical (unpaired) electrons. The second kappa shape index (κ2) is 7.88. The minimum atomic E-state index is -0.574. The van der Waals surface area contributed by atoms with Crippen LogP contribution in [0.4, 0.5) is 0 Å². The Hall–Kier alpha value is -3.85. The fraction of sp³-hybridized carbons (Fsp3) is 0.320. The zero-order chi connectivity index (χ0) is 23.4. The van der Waals surface area contributed by atoms with E-state index in [0.717, 1.165) is 46.9 Å². The zero-order valence-electron chi connectivity index (χ0n) is 18.8. The fourth-order valence-corrected chi connectivity index (χ4v) is 4.93. The van der Waals surface area contributed by atoms with E-state index in [1.807, 2.05) is 35.0 Å². The van der Waals surface area contributed by atoms with Gasteiger partial charge in [-0.05, 0) is 61.6 Å². The first-order valence-corrected chi connectivity index (χ1v) is 11.4. The van der Waals surface area contributed by atoms with Crippen molar-refractivity contribution in [1.29, 1.82) is 0 Å². The molecule has 2 aromatic heterocycles. The summed E-state index contributed by atoms with van der Waals surface area (Å²) in [6, 6.07) is 7.70. The lowest BCUT2D eigenvalue weighted by atomic mass is 10.1. The molecule has 0 spiro atoms. The molecule has 0 bridgehead atoms. The molecule has 2 aliphatic rings. The maximum atomic E-state index is 13.7. The van der Waals surface area contributed by atoms with Crippen molar-refractivity contribution in [2.45, 2.75) is 39.2 Å². The molecule has 0 atom stereocenters. The van der Waals surface area contributed by atoms with E-state index in [-0.39, 0.29) is 12.5 Å². The Balaban J connectivity index is 1.64. The van der Waals surface area contributed by atoms with E-state index in [1.165, 1.54) is 12.5 Å². The molecule has 0 fully saturated rings. The lowest BCUT2D eigenvalue weighted by molar-refractivity contribution is -0.141. The predicted octanol–water partition coefficient (Wildman–Crippen LogP) is 2.56. The molecule has 2 N–H and O–H groups in total. The van der Waals surface area contributed by atoms with Gasteiger partial charge in [0.1, 0.15) is 11.2 Å². The molecule has 6 rings (SSSR count). The van der Waals surface area contributed by atoms with E-state index < -0.39 is 11.5 Å². The first-order chi connectivity index (χ1) is 16.5. The molecule has 1 aliphatic heterocycles. The smallest absolute Gasteiger partial charge is 0.330 e. The number of aryl methyl sites for hydroxylation is 3. The maximum Gasteiger partial charge on any atom is 0.330 e. The summed E-state index contributed by atoms with van der Waals surface area (Å²) in [5.74, 6) is 0.699. The Morgan fingerprint density at radius 2 is 1.88 bits per heavy atom. The van der Waals surface area contributed by atoms with Crippen LogP contribution in [0.2, 0.25) is 0 Å². The lowest BCUT2D eigenvalue weighted by Gasteiger charge is -2.12. The molecule has 3 heterocycles. The Kier molecular flexibility index (Phi) is 4.80. The highest BCUT2D eigenvalue weighted by Gasteiger charge is 2.24. The Morgan fingerprint density at radius 3 is 2.65 bits per heavy atom. The number of nitrogens with two attached hydrogens (primary N) is 1. The van der Waals surface area contributed by atoms with Crippen molar-refractivity contribution in [2.75, 3.05) is 13.3 Å². The van der Waals surface area contributed by atoms with Crippen LogP contribution in [0.1, 0.15) is 30.9 Å². The summed E-state index contributed by atoms with van der Waals surface area (Å²) in [6.07, 6.45) is 5.63. The molecule has 0 unspecified atom stereocenters. The van der Waals surface area contributed by atoms with Crippen LogP contribution in [0.15, 0.2) is 35.3 Å². The normalized spacial score (nSPS) is 14.2. The van der Waals surface area contributed by atoms with Gasteiger partial charge in [0.25, 0.3) is 0 Å². The minimum Gasteiger partial charge on any atom is -0.454 e. The van der Waals surface area contributed by atoms with Gasteiger partial charge >= 0.3 is 11.5 Å². The van der Waals surface area contributed by atoms with Crippen LogP contribution >= 0.6 is 0 Å². The summed E-state index contributed by atoms with van der Waals surface area (Å²) < 4.78 is 14.3. The molecule has 0 saturated heterocycles. The number of nitrogens with zero attached hydrogens (tertiary/aromatic N) is 3. The van der Waals surface area contributed by atoms with Gasteiger partial charge in [0.15, 0.2) is 11.5 Å². The number of hydrogen-bond donors (Lipinski definition) is 1. The number of carbonyl (C=O) groups excluding carboxylic acids is 1. The predicted molar refractivity (Wildman–Crippen MR) is 126 cm³/mol. The van der Waals surface area contributed by atoms with E-state index in [2.05, 4.69) is 0 Å². The standard InChI is InChI=1S/C25H24N4O5/c1-14(30)34-29-21-9-16-5-2-4-15(16)8-19(21)27-24(25(29)31)18-12-28(7-3-6-26)20-11-23-22(10-17(18)20)32-13-33-23/h8-12H,2-7,13,26H2,1H3. The minimum absolute atomic E-state index is 0.151. The molecule has 0 saturated carbocycles. The molecule has 4 aromatic rings. The van der Waals surface area contributed by atoms with Gasteiger partial charge in [-0.2, -0.15) is 0 Å². The van der Waals surface area contributed by atoms with Crippen LogP contribution in [0.5, 0.6) is 11.5 Å². The van der Waals surface area contributed by atoms with Crippen LogP contribution in [0, 0.1) is 0 Å². The maximum absolute atomic E-state index is 13.7. The highest BCUT2D eigenvalue weighted by Crippen LogP contribution is 2.40. The average Bonchev–Trinajstić information content (AvgIpc) is 3.54. The molecule has 9 nitrogen and oxygen atoms in total. The molecule has 174 valence electrons. The molecule has 2 aromatic carbocycles. The number of hydrogen-bond acceptors (Lipinski definition) is 7. The van der Waals surface area contributed by atoms with Gasteiger partial charge in [0.05, 0.1) is 11.0 Å². The highest BCUT2D eigenvalue weighted by atomic mass is 16.7. The van der Waals surface area contributed by atoms with E-state index >= 15 is 0 Å². The summed E-state index contributed by atoms with van der Waals surface area (Å²) in [6.45, 7) is 2.65. The SMILES string of the molecule is CC(=O)On1c(=O)c(-c2cn(CCCN)c3cc4c(cc23)OCO4)nc2cc3c(cc21)CCC3. The van der Waals surface area contributed by atoms with E-state index in [1.54, 1.807) is 0 Å². The van der Waals surface area contributed by atoms with Gasteiger partial charge in [-0.1, -0.05) is 0 Å². The van der Waals surface area contributed by atoms with Gasteiger partial charge in [0.2, 0.25) is 6.79 Å². The molecular weight excluding hydrogens is 436 g/mol. The molecule has 0 amide bonds. The van der Waals surface area contributed by atoms with E-state index in [4.69, 9.17) is 25.0 Å². The summed E-state index contributed by atoms with van der Waals surface area (Å²) in [7, 11) is 0. The molecule has 34 heavy (non-hydrogen) atoms. The second-order valence-corrected chi connectivity index (χ2v) is 8.71. The first kappa shape index (κ1) is 20.7. The van der Waals surface area contributed by atoms with Crippen LogP contribution in [0.3, 0.4) is 0 Å². The summed E-state index contributed by atoms with van der Waals surface area (Å²) in [4.78, 5) is 35.8. The van der Waals surface area contributed by atoms with Crippen molar-refractivity contribution in [2.24, 2.45) is 5.73 Å². The van der Waals surface area contributed by atoms with Crippen molar-refractivity contribution in [1.82, 2.24) is 14.3 Å². The largest absolute Gasteiger partial charge is 0.454 e. The van der Waals surface area contributed by atoms with Gasteiger partial charge in [-0.15, -0.1) is 4.73 Å². The quantitative estimate of drug-likeness (QED) is 0.487. The molecule has 9 heteroatoms. The number of carbonyl (C=O) groups is 1. The number of fused-ring (bicyclic) bond motifs is 4. The Labute approximate surface area is 194 Å². The van der Waals surface area contributed by atoms with E-state index in [0.29, 0.717) is 41.2 Å². The van der Waals surface area contributed by atoms with Crippen LogP contribution < -0.4 is 25.6 Å². The van der Waals surface area contributed by atoms with Crippen LogP contribution in [-0.4, -0.2) is 33.6 Å². The van der Waals surface area contributed by atoms with Gasteiger partial charge < -0.3 is 24.6 Å². The highest BCUT2D eigenvalue weighted by molar-refractivity contribution is 5.98. The van der Waals surface area contributed by atoms with Crippen molar-refractivity contribution in [3.8, 4) is 22.8 Å². The van der Waals surface area contributed by atoms with Crippen molar-refractivity contribution in [3.63, 3.8) is 0 Å². The van der Waals surface area contributed by atoms with Crippen molar-refractivity contribution < 1.29 is 19.1 Å². The number of ether oxygens (including phenoxy) is 2. The van der Waals surface area contributed by atoms with Gasteiger partial charge in [-0.25, -0.2) is 9.78 Å². The number of rotatable bonds is 5. The third-order valence-corrected chi connectivity index (χ3v) is 6.48. The van der Waals surface area contributed by atoms with Gasteiger partial charge in [-0.3, -0.25) is 4.79 Å². The Morgan fingerprint density at radius 1 is 1.12 bits per heavy atom. The first-order valence-electron chi connectivity index (χ1n) is 11.4. The topological polar surface area (TPSA) is 111 Å². The summed E-state index contributed by atoms with van der Waals surface area (Å²) in [5, 5.41) is 0.806. The summed E-state index contributed by atoms with van der Waals surface area (Å²) in [5.41, 5.74) is 10.5. The monoisotopic (exact) mass is 460 g/mol. The van der Waals surface area contributed by atoms with Crippen LogP contribution in [-0.2, 0) is 24.2 Å². The zero-order valence-corrected chi connectivity index (χ0v) is 18.8. The Bertz CT molecular complexity index is 1530. The van der Waals surface area contributed by atoms with Crippen molar-refractivity contribution >= 4 is 27.9 Å². The van der Waals surface area contributed by atoms with Gasteiger partial charge in [0, 0.05) is 36.7 Å². The third kappa shape index (κ3) is 3.23. The average molecular weight is 460 g/mol.